The molecule has 0 saturated heterocycles. The molecule has 0 spiro atoms. The van der Waals surface area contributed by atoms with Crippen LogP contribution in [0.5, 0.6) is 0 Å². The number of aliphatic carboxylic acids is 3. The minimum atomic E-state index is -1.51. The molecule has 0 amide bonds. The Hall–Kier alpha value is -1.75. The summed E-state index contributed by atoms with van der Waals surface area (Å²) in [6.45, 7) is 3.09. The van der Waals surface area contributed by atoms with Crippen LogP contribution in [0.3, 0.4) is 0 Å². The summed E-state index contributed by atoms with van der Waals surface area (Å²) in [4.78, 5) is 30.7. The van der Waals surface area contributed by atoms with E-state index in [0.717, 1.165) is 12.8 Å². The molecule has 2 fully saturated rings. The second-order valence-corrected chi connectivity index (χ2v) is 7.38. The van der Waals surface area contributed by atoms with E-state index in [2.05, 4.69) is 0 Å². The lowest BCUT2D eigenvalue weighted by Gasteiger charge is -2.47. The molecule has 3 atom stereocenters. The summed E-state index contributed by atoms with van der Waals surface area (Å²) in [7, 11) is 0. The molecule has 0 bridgehead atoms. The zero-order valence-corrected chi connectivity index (χ0v) is 16.0. The summed E-state index contributed by atoms with van der Waals surface area (Å²) in [5, 5.41) is 34.8. The van der Waals surface area contributed by atoms with Crippen LogP contribution < -0.4 is 17.2 Å². The fourth-order valence-corrected chi connectivity index (χ4v) is 3.00. The van der Waals surface area contributed by atoms with E-state index in [1.165, 1.54) is 6.92 Å². The first kappa shape index (κ1) is 25.2. The predicted molar refractivity (Wildman–Crippen MR) is 98.0 cm³/mol. The Balaban J connectivity index is 0.000000419. The maximum Gasteiger partial charge on any atom is 0.325 e. The Morgan fingerprint density at radius 3 is 1.63 bits per heavy atom. The van der Waals surface area contributed by atoms with Crippen LogP contribution in [-0.2, 0) is 14.4 Å². The molecule has 2 unspecified atom stereocenters. The molecule has 0 heterocycles. The summed E-state index contributed by atoms with van der Waals surface area (Å²) >= 11 is 0. The second kappa shape index (κ2) is 9.98. The summed E-state index contributed by atoms with van der Waals surface area (Å²) in [5.41, 5.74) is 13.3. The molecule has 2 aliphatic carbocycles. The van der Waals surface area contributed by atoms with Crippen LogP contribution in [0.1, 0.15) is 65.2 Å². The zero-order valence-electron chi connectivity index (χ0n) is 16.0. The number of aliphatic hydroxyl groups is 1. The number of carboxylic acid groups (broad SMARTS) is 3. The zero-order chi connectivity index (χ0) is 21.5. The largest absolute Gasteiger partial charge is 0.481 e. The Bertz CT molecular complexity index is 533. The normalized spacial score (nSPS) is 31.6. The lowest BCUT2D eigenvalue weighted by molar-refractivity contribution is -0.151. The molecule has 27 heavy (non-hydrogen) atoms. The van der Waals surface area contributed by atoms with Gasteiger partial charge in [0.1, 0.15) is 11.1 Å². The highest BCUT2D eigenvalue weighted by atomic mass is 16.4. The van der Waals surface area contributed by atoms with Crippen LogP contribution in [0.4, 0.5) is 0 Å². The van der Waals surface area contributed by atoms with Gasteiger partial charge in [-0.3, -0.25) is 14.4 Å². The van der Waals surface area contributed by atoms with Crippen LogP contribution in [0.2, 0.25) is 0 Å². The van der Waals surface area contributed by atoms with Crippen molar-refractivity contribution in [2.45, 2.75) is 87.9 Å². The number of carbonyl (C=O) groups is 3. The van der Waals surface area contributed by atoms with Crippen molar-refractivity contribution in [1.29, 1.82) is 0 Å². The molecule has 0 aromatic heterocycles. The van der Waals surface area contributed by atoms with Crippen molar-refractivity contribution < 1.29 is 34.8 Å². The highest BCUT2D eigenvalue weighted by Gasteiger charge is 2.54. The van der Waals surface area contributed by atoms with Gasteiger partial charge in [0.2, 0.25) is 0 Å². The maximum atomic E-state index is 10.9. The number of nitrogens with two attached hydrogens (primary N) is 3. The van der Waals surface area contributed by atoms with Gasteiger partial charge in [0.25, 0.3) is 0 Å². The maximum absolute atomic E-state index is 10.9. The van der Waals surface area contributed by atoms with Gasteiger partial charge < -0.3 is 37.6 Å². The van der Waals surface area contributed by atoms with Crippen molar-refractivity contribution in [2.24, 2.45) is 17.2 Å². The molecular formula is C17H33N3O7. The van der Waals surface area contributed by atoms with Crippen molar-refractivity contribution in [3.05, 3.63) is 0 Å². The Morgan fingerprint density at radius 2 is 1.37 bits per heavy atom. The predicted octanol–water partition coefficient (Wildman–Crippen LogP) is -0.146. The average molecular weight is 391 g/mol. The third kappa shape index (κ3) is 6.42. The van der Waals surface area contributed by atoms with Crippen LogP contribution in [-0.4, -0.2) is 61.1 Å². The first-order chi connectivity index (χ1) is 12.2. The monoisotopic (exact) mass is 391 g/mol. The van der Waals surface area contributed by atoms with Gasteiger partial charge in [-0.15, -0.1) is 0 Å². The summed E-state index contributed by atoms with van der Waals surface area (Å²) in [6, 6.07) is 0. The van der Waals surface area contributed by atoms with Crippen molar-refractivity contribution in [3.8, 4) is 0 Å². The minimum absolute atomic E-state index is 0.222. The summed E-state index contributed by atoms with van der Waals surface area (Å²) in [6.07, 6.45) is 4.00. The highest BCUT2D eigenvalue weighted by molar-refractivity contribution is 5.81. The number of hydrogen-bond acceptors (Lipinski definition) is 7. The molecule has 10 N–H and O–H groups in total. The van der Waals surface area contributed by atoms with Crippen LogP contribution in [0.15, 0.2) is 0 Å². The molecular weight excluding hydrogens is 358 g/mol. The van der Waals surface area contributed by atoms with Crippen molar-refractivity contribution in [2.75, 3.05) is 0 Å². The lowest BCUT2D eigenvalue weighted by atomic mass is 9.67. The van der Waals surface area contributed by atoms with Gasteiger partial charge in [-0.25, -0.2) is 0 Å². The summed E-state index contributed by atoms with van der Waals surface area (Å²) < 4.78 is 0. The van der Waals surface area contributed by atoms with E-state index in [4.69, 9.17) is 32.5 Å². The average Bonchev–Trinajstić information content (AvgIpc) is 3.02. The fraction of sp³-hybridized carbons (Fsp3) is 0.824. The van der Waals surface area contributed by atoms with Gasteiger partial charge in [0.15, 0.2) is 0 Å². The van der Waals surface area contributed by atoms with Gasteiger partial charge in [-0.1, -0.05) is 19.8 Å². The minimum Gasteiger partial charge on any atom is -0.481 e. The third-order valence-corrected chi connectivity index (χ3v) is 5.31. The molecule has 2 aliphatic rings. The Kier molecular flexibility index (Phi) is 9.33. The molecule has 158 valence electrons. The topological polar surface area (TPSA) is 210 Å². The van der Waals surface area contributed by atoms with E-state index in [1.54, 1.807) is 6.92 Å². The van der Waals surface area contributed by atoms with E-state index in [9.17, 15) is 19.5 Å². The third-order valence-electron chi connectivity index (χ3n) is 5.31. The van der Waals surface area contributed by atoms with Gasteiger partial charge in [-0.2, -0.15) is 0 Å². The van der Waals surface area contributed by atoms with Crippen molar-refractivity contribution in [1.82, 2.24) is 0 Å². The molecule has 0 aromatic carbocycles. The van der Waals surface area contributed by atoms with Gasteiger partial charge in [0, 0.05) is 6.42 Å². The SMILES string of the molecule is CC1(N)[C@@H](O)CCCC1(N)C(=O)O.CCC(=O)O.NC1(C(=O)O)CCCC1. The molecule has 10 heteroatoms. The molecule has 0 aliphatic heterocycles. The quantitative estimate of drug-likeness (QED) is 0.338. The van der Waals surface area contributed by atoms with Crippen LogP contribution in [0, 0.1) is 0 Å². The molecule has 0 radical (unpaired) electrons. The number of carboxylic acids is 3. The van der Waals surface area contributed by atoms with Gasteiger partial charge in [-0.05, 0) is 39.0 Å². The van der Waals surface area contributed by atoms with E-state index < -0.39 is 40.6 Å². The number of hydrogen-bond donors (Lipinski definition) is 7. The Labute approximate surface area is 158 Å². The molecule has 10 nitrogen and oxygen atoms in total. The van der Waals surface area contributed by atoms with E-state index in [-0.39, 0.29) is 6.42 Å². The van der Waals surface area contributed by atoms with Crippen molar-refractivity contribution >= 4 is 17.9 Å². The van der Waals surface area contributed by atoms with E-state index in [1.807, 2.05) is 0 Å². The number of rotatable bonds is 3. The standard InChI is InChI=1S/C8H16N2O3.C6H11NO2.C3H6O2/c1-7(9)5(11)3-2-4-8(7,10)6(12)13;7-6(5(8)9)3-1-2-4-6;1-2-3(4)5/h5,11H,2-4,9-10H2,1H3,(H,12,13);1-4,7H2,(H,8,9);2H2,1H3,(H,4,5)/t5-,7?,8?;;/m0../s1. The molecule has 2 rings (SSSR count). The summed E-state index contributed by atoms with van der Waals surface area (Å²) in [5.74, 6) is -2.73. The fourth-order valence-electron chi connectivity index (χ4n) is 3.00. The van der Waals surface area contributed by atoms with Crippen molar-refractivity contribution in [3.63, 3.8) is 0 Å². The number of aliphatic hydroxyl groups excluding tert-OH is 1. The van der Waals surface area contributed by atoms with E-state index >= 15 is 0 Å². The van der Waals surface area contributed by atoms with Gasteiger partial charge >= 0.3 is 17.9 Å². The van der Waals surface area contributed by atoms with Crippen LogP contribution >= 0.6 is 0 Å². The second-order valence-electron chi connectivity index (χ2n) is 7.38. The highest BCUT2D eigenvalue weighted by Crippen LogP contribution is 2.34. The van der Waals surface area contributed by atoms with E-state index in [0.29, 0.717) is 32.1 Å². The van der Waals surface area contributed by atoms with Gasteiger partial charge in [0.05, 0.1) is 11.6 Å². The molecule has 0 aromatic rings. The lowest BCUT2D eigenvalue weighted by Crippen LogP contribution is -2.74. The van der Waals surface area contributed by atoms with Crippen LogP contribution in [0.25, 0.3) is 0 Å². The molecule has 2 saturated carbocycles. The first-order valence-corrected chi connectivity index (χ1v) is 8.98. The first-order valence-electron chi connectivity index (χ1n) is 8.98. The smallest absolute Gasteiger partial charge is 0.325 e. The Morgan fingerprint density at radius 1 is 0.926 bits per heavy atom.